The van der Waals surface area contributed by atoms with E-state index >= 15 is 0 Å². The quantitative estimate of drug-likeness (QED) is 0.558. The third-order valence-electron chi connectivity index (χ3n) is 1.47. The minimum Gasteiger partial charge on any atom is -0.258 e. The third-order valence-corrected chi connectivity index (χ3v) is 1.47. The third kappa shape index (κ3) is 1.76. The highest BCUT2D eigenvalue weighted by Crippen LogP contribution is 2.21. The van der Waals surface area contributed by atoms with Gasteiger partial charge in [-0.15, -0.1) is 0 Å². The van der Waals surface area contributed by atoms with Crippen molar-refractivity contribution in [3.8, 4) is 0 Å². The first-order valence-corrected chi connectivity index (χ1v) is 3.63. The van der Waals surface area contributed by atoms with Crippen LogP contribution in [0.5, 0.6) is 0 Å². The Morgan fingerprint density at radius 2 is 2.00 bits per heavy atom. The van der Waals surface area contributed by atoms with Crippen LogP contribution in [-0.4, -0.2) is 4.98 Å². The maximum Gasteiger partial charge on any atom is 0.145 e. The second-order valence-corrected chi connectivity index (χ2v) is 3.58. The van der Waals surface area contributed by atoms with Crippen LogP contribution in [0.25, 0.3) is 0 Å². The molecule has 0 bridgehead atoms. The van der Waals surface area contributed by atoms with Gasteiger partial charge in [-0.25, -0.2) is 4.39 Å². The zero-order valence-corrected chi connectivity index (χ0v) is 7.06. The second-order valence-electron chi connectivity index (χ2n) is 3.58. The van der Waals surface area contributed by atoms with Crippen LogP contribution in [0, 0.1) is 5.82 Å². The van der Waals surface area contributed by atoms with Gasteiger partial charge in [-0.1, -0.05) is 20.8 Å². The SMILES string of the molecule is CC(C)(C)c1ncccc1F. The summed E-state index contributed by atoms with van der Waals surface area (Å²) in [5.41, 5.74) is 0.325. The first-order valence-electron chi connectivity index (χ1n) is 3.63. The van der Waals surface area contributed by atoms with E-state index in [4.69, 9.17) is 0 Å². The molecule has 1 aromatic heterocycles. The molecule has 11 heavy (non-hydrogen) atoms. The Bertz CT molecular complexity index is 250. The molecule has 0 aliphatic rings. The molecule has 0 saturated heterocycles. The van der Waals surface area contributed by atoms with E-state index in [1.54, 1.807) is 12.3 Å². The van der Waals surface area contributed by atoms with Crippen LogP contribution in [0.1, 0.15) is 26.5 Å². The minimum atomic E-state index is -0.222. The lowest BCUT2D eigenvalue weighted by atomic mass is 9.91. The zero-order valence-electron chi connectivity index (χ0n) is 7.06. The van der Waals surface area contributed by atoms with Gasteiger partial charge in [-0.3, -0.25) is 4.98 Å². The Hall–Kier alpha value is -0.920. The van der Waals surface area contributed by atoms with Gasteiger partial charge in [0.1, 0.15) is 5.82 Å². The molecule has 0 aliphatic carbocycles. The summed E-state index contributed by atoms with van der Waals surface area (Å²) in [4.78, 5) is 3.97. The van der Waals surface area contributed by atoms with Crippen LogP contribution in [0.15, 0.2) is 18.3 Å². The fraction of sp³-hybridized carbons (Fsp3) is 0.444. The fourth-order valence-electron chi connectivity index (χ4n) is 0.938. The molecule has 0 amide bonds. The van der Waals surface area contributed by atoms with E-state index in [0.29, 0.717) is 5.69 Å². The van der Waals surface area contributed by atoms with Crippen LogP contribution in [0.4, 0.5) is 4.39 Å². The number of rotatable bonds is 0. The Balaban J connectivity index is 3.14. The van der Waals surface area contributed by atoms with Gasteiger partial charge in [0.05, 0.1) is 5.69 Å². The lowest BCUT2D eigenvalue weighted by Crippen LogP contribution is -2.15. The molecule has 0 aliphatic heterocycles. The molecule has 0 saturated carbocycles. The minimum absolute atomic E-state index is 0.203. The predicted octanol–water partition coefficient (Wildman–Crippen LogP) is 2.52. The van der Waals surface area contributed by atoms with Gasteiger partial charge >= 0.3 is 0 Å². The largest absolute Gasteiger partial charge is 0.258 e. The van der Waals surface area contributed by atoms with E-state index < -0.39 is 0 Å². The number of hydrogen-bond acceptors (Lipinski definition) is 1. The smallest absolute Gasteiger partial charge is 0.145 e. The van der Waals surface area contributed by atoms with E-state index in [-0.39, 0.29) is 11.2 Å². The summed E-state index contributed by atoms with van der Waals surface area (Å²) in [5.74, 6) is -0.222. The highest BCUT2D eigenvalue weighted by Gasteiger charge is 2.18. The Morgan fingerprint density at radius 3 is 2.36 bits per heavy atom. The van der Waals surface area contributed by atoms with Crippen molar-refractivity contribution in [2.24, 2.45) is 0 Å². The van der Waals surface area contributed by atoms with E-state index in [1.165, 1.54) is 6.07 Å². The first-order chi connectivity index (χ1) is 5.02. The average Bonchev–Trinajstić information content (AvgIpc) is 1.86. The standard InChI is InChI=1S/C9H12FN/c1-9(2,3)8-7(10)5-4-6-11-8/h4-6H,1-3H3. The van der Waals surface area contributed by atoms with Crippen LogP contribution in [0.2, 0.25) is 0 Å². The predicted molar refractivity (Wildman–Crippen MR) is 42.9 cm³/mol. The van der Waals surface area contributed by atoms with Crippen LogP contribution in [-0.2, 0) is 5.41 Å². The normalized spacial score (nSPS) is 11.6. The van der Waals surface area contributed by atoms with Gasteiger partial charge in [0.15, 0.2) is 0 Å². The molecular formula is C9H12FN. The molecule has 2 heteroatoms. The molecule has 0 unspecified atom stereocenters. The summed E-state index contributed by atoms with van der Waals surface area (Å²) < 4.78 is 13.0. The molecule has 0 aromatic carbocycles. The van der Waals surface area contributed by atoms with Crippen LogP contribution < -0.4 is 0 Å². The summed E-state index contributed by atoms with van der Waals surface area (Å²) >= 11 is 0. The molecule has 1 heterocycles. The van der Waals surface area contributed by atoms with Crippen molar-refractivity contribution in [2.75, 3.05) is 0 Å². The molecule has 0 N–H and O–H groups in total. The van der Waals surface area contributed by atoms with E-state index in [9.17, 15) is 4.39 Å². The zero-order chi connectivity index (χ0) is 8.48. The number of nitrogens with zero attached hydrogens (tertiary/aromatic N) is 1. The molecule has 0 radical (unpaired) electrons. The number of aromatic nitrogens is 1. The Kier molecular flexibility index (Phi) is 1.94. The lowest BCUT2D eigenvalue weighted by molar-refractivity contribution is 0.503. The molecule has 0 spiro atoms. The van der Waals surface area contributed by atoms with Crippen LogP contribution in [0.3, 0.4) is 0 Å². The summed E-state index contributed by atoms with van der Waals surface area (Å²) in [7, 11) is 0. The number of pyridine rings is 1. The van der Waals surface area contributed by atoms with Gasteiger partial charge in [0, 0.05) is 11.6 Å². The monoisotopic (exact) mass is 153 g/mol. The summed E-state index contributed by atoms with van der Waals surface area (Å²) in [6.45, 7) is 5.83. The molecule has 1 aromatic rings. The van der Waals surface area contributed by atoms with Gasteiger partial charge in [-0.2, -0.15) is 0 Å². The first kappa shape index (κ1) is 8.18. The molecule has 60 valence electrons. The molecule has 0 fully saturated rings. The van der Waals surface area contributed by atoms with Crippen molar-refractivity contribution in [1.29, 1.82) is 0 Å². The number of hydrogen-bond donors (Lipinski definition) is 0. The maximum absolute atomic E-state index is 13.0. The topological polar surface area (TPSA) is 12.9 Å². The highest BCUT2D eigenvalue weighted by molar-refractivity contribution is 5.15. The van der Waals surface area contributed by atoms with Crippen LogP contribution >= 0.6 is 0 Å². The van der Waals surface area contributed by atoms with Gasteiger partial charge in [0.25, 0.3) is 0 Å². The van der Waals surface area contributed by atoms with Crippen molar-refractivity contribution >= 4 is 0 Å². The van der Waals surface area contributed by atoms with Crippen molar-refractivity contribution in [1.82, 2.24) is 4.98 Å². The maximum atomic E-state index is 13.0. The van der Waals surface area contributed by atoms with Gasteiger partial charge < -0.3 is 0 Å². The summed E-state index contributed by atoms with van der Waals surface area (Å²) in [6, 6.07) is 3.04. The lowest BCUT2D eigenvalue weighted by Gasteiger charge is -2.17. The Morgan fingerprint density at radius 1 is 1.36 bits per heavy atom. The van der Waals surface area contributed by atoms with E-state index in [1.807, 2.05) is 20.8 Å². The fourth-order valence-corrected chi connectivity index (χ4v) is 0.938. The summed E-state index contributed by atoms with van der Waals surface area (Å²) in [5, 5.41) is 0. The Labute approximate surface area is 66.3 Å². The van der Waals surface area contributed by atoms with Crippen molar-refractivity contribution in [3.63, 3.8) is 0 Å². The van der Waals surface area contributed by atoms with Gasteiger partial charge in [0.2, 0.25) is 0 Å². The highest BCUT2D eigenvalue weighted by atomic mass is 19.1. The van der Waals surface area contributed by atoms with Crippen molar-refractivity contribution < 1.29 is 4.39 Å². The molecule has 1 nitrogen and oxygen atoms in total. The molecular weight excluding hydrogens is 141 g/mol. The summed E-state index contributed by atoms with van der Waals surface area (Å²) in [6.07, 6.45) is 1.61. The van der Waals surface area contributed by atoms with Crippen molar-refractivity contribution in [2.45, 2.75) is 26.2 Å². The second kappa shape index (κ2) is 2.61. The average molecular weight is 153 g/mol. The van der Waals surface area contributed by atoms with E-state index in [0.717, 1.165) is 0 Å². The van der Waals surface area contributed by atoms with Crippen molar-refractivity contribution in [3.05, 3.63) is 29.8 Å². The molecule has 1 rings (SSSR count). The van der Waals surface area contributed by atoms with E-state index in [2.05, 4.69) is 4.98 Å². The number of halogens is 1. The molecule has 0 atom stereocenters. The van der Waals surface area contributed by atoms with Gasteiger partial charge in [-0.05, 0) is 12.1 Å².